The summed E-state index contributed by atoms with van der Waals surface area (Å²) in [6.07, 6.45) is 9.68. The van der Waals surface area contributed by atoms with Crippen LogP contribution in [0.1, 0.15) is 64.2 Å². The fourth-order valence-corrected chi connectivity index (χ4v) is 3.69. The zero-order valence-corrected chi connectivity index (χ0v) is 17.4. The van der Waals surface area contributed by atoms with Crippen LogP contribution in [0.15, 0.2) is 10.2 Å². The first kappa shape index (κ1) is 23.2. The van der Waals surface area contributed by atoms with Crippen LogP contribution in [0.2, 0.25) is 0 Å². The van der Waals surface area contributed by atoms with Crippen molar-refractivity contribution in [1.82, 2.24) is 5.32 Å². The predicted octanol–water partition coefficient (Wildman–Crippen LogP) is 2.02. The van der Waals surface area contributed by atoms with Gasteiger partial charge in [-0.25, -0.2) is 0 Å². The summed E-state index contributed by atoms with van der Waals surface area (Å²) < 4.78 is 0. The molecule has 1 heterocycles. The molecule has 0 amide bonds. The van der Waals surface area contributed by atoms with E-state index >= 15 is 0 Å². The third-order valence-electron chi connectivity index (χ3n) is 5.47. The van der Waals surface area contributed by atoms with E-state index < -0.39 is 0 Å². The number of nitrogens with one attached hydrogen (secondary N) is 1. The van der Waals surface area contributed by atoms with E-state index in [2.05, 4.69) is 15.5 Å². The molecule has 1 saturated heterocycles. The SMILES string of the molecule is OC1CCCCC1N=NC1CCCCC1O.OCC1CCNCC1.[Pt]. The molecule has 2 aliphatic carbocycles. The van der Waals surface area contributed by atoms with E-state index in [0.29, 0.717) is 12.5 Å². The quantitative estimate of drug-likeness (QED) is 0.415. The molecule has 150 valence electrons. The molecule has 25 heavy (non-hydrogen) atoms. The monoisotopic (exact) mass is 536 g/mol. The summed E-state index contributed by atoms with van der Waals surface area (Å²) in [5.41, 5.74) is 0. The van der Waals surface area contributed by atoms with Gasteiger partial charge in [0.15, 0.2) is 0 Å². The van der Waals surface area contributed by atoms with Gasteiger partial charge in [-0.3, -0.25) is 0 Å². The number of azo groups is 1. The molecule has 0 bridgehead atoms. The molecule has 0 spiro atoms. The molecule has 0 aromatic heterocycles. The van der Waals surface area contributed by atoms with Crippen LogP contribution in [0, 0.1) is 5.92 Å². The molecule has 3 rings (SSSR count). The van der Waals surface area contributed by atoms with Crippen molar-refractivity contribution < 1.29 is 36.4 Å². The van der Waals surface area contributed by atoms with Gasteiger partial charge < -0.3 is 20.6 Å². The van der Waals surface area contributed by atoms with Gasteiger partial charge >= 0.3 is 0 Å². The molecule has 7 heteroatoms. The van der Waals surface area contributed by atoms with Crippen LogP contribution in [0.5, 0.6) is 0 Å². The van der Waals surface area contributed by atoms with E-state index in [-0.39, 0.29) is 45.4 Å². The number of piperidine rings is 1. The predicted molar refractivity (Wildman–Crippen MR) is 94.1 cm³/mol. The van der Waals surface area contributed by atoms with Gasteiger partial charge in [0, 0.05) is 27.7 Å². The first-order chi connectivity index (χ1) is 11.7. The van der Waals surface area contributed by atoms with Crippen molar-refractivity contribution in [2.24, 2.45) is 16.1 Å². The second kappa shape index (κ2) is 13.3. The van der Waals surface area contributed by atoms with Gasteiger partial charge in [0.2, 0.25) is 0 Å². The second-order valence-electron chi connectivity index (χ2n) is 7.45. The fourth-order valence-electron chi connectivity index (χ4n) is 3.69. The van der Waals surface area contributed by atoms with Crippen molar-refractivity contribution in [3.63, 3.8) is 0 Å². The van der Waals surface area contributed by atoms with Gasteiger partial charge in [0.1, 0.15) is 0 Å². The number of nitrogens with zero attached hydrogens (tertiary/aromatic N) is 2. The molecule has 0 aromatic rings. The van der Waals surface area contributed by atoms with Crippen LogP contribution in [-0.2, 0) is 21.1 Å². The number of aliphatic hydroxyl groups excluding tert-OH is 3. The summed E-state index contributed by atoms with van der Waals surface area (Å²) in [4.78, 5) is 0. The van der Waals surface area contributed by atoms with Gasteiger partial charge in [-0.2, -0.15) is 10.2 Å². The summed E-state index contributed by atoms with van der Waals surface area (Å²) in [5.74, 6) is 0.580. The van der Waals surface area contributed by atoms with Crippen LogP contribution < -0.4 is 5.32 Å². The van der Waals surface area contributed by atoms with Crippen LogP contribution in [0.3, 0.4) is 0 Å². The molecule has 2 saturated carbocycles. The Bertz CT molecular complexity index is 343. The first-order valence-corrected chi connectivity index (χ1v) is 9.78. The number of rotatable bonds is 3. The maximum Gasteiger partial charge on any atom is 0.0966 e. The van der Waals surface area contributed by atoms with Crippen LogP contribution in [0.4, 0.5) is 0 Å². The van der Waals surface area contributed by atoms with E-state index in [1.807, 2.05) is 0 Å². The molecular weight excluding hydrogens is 501 g/mol. The maximum absolute atomic E-state index is 9.75. The molecule has 6 nitrogen and oxygen atoms in total. The number of hydrogen-bond acceptors (Lipinski definition) is 6. The summed E-state index contributed by atoms with van der Waals surface area (Å²) in [7, 11) is 0. The number of aliphatic hydroxyl groups is 3. The van der Waals surface area contributed by atoms with E-state index in [9.17, 15) is 10.2 Å². The minimum absolute atomic E-state index is 0. The van der Waals surface area contributed by atoms with Crippen molar-refractivity contribution in [3.8, 4) is 0 Å². The zero-order chi connectivity index (χ0) is 17.2. The van der Waals surface area contributed by atoms with E-state index in [0.717, 1.165) is 77.3 Å². The Morgan fingerprint density at radius 2 is 1.16 bits per heavy atom. The molecule has 0 radical (unpaired) electrons. The smallest absolute Gasteiger partial charge is 0.0966 e. The molecule has 3 fully saturated rings. The van der Waals surface area contributed by atoms with Gasteiger partial charge in [-0.05, 0) is 57.5 Å². The molecule has 4 N–H and O–H groups in total. The van der Waals surface area contributed by atoms with E-state index in [1.165, 1.54) is 0 Å². The average Bonchev–Trinajstić information content (AvgIpc) is 2.63. The standard InChI is InChI=1S/C12H22N2O2.C6H13NO.Pt/c15-11-7-3-1-5-9(11)13-14-10-6-2-4-8-12(10)16;8-5-6-1-3-7-4-2-6;/h9-12,15-16H,1-8H2;6-8H,1-5H2;. The third-order valence-corrected chi connectivity index (χ3v) is 5.47. The first-order valence-electron chi connectivity index (χ1n) is 9.78. The van der Waals surface area contributed by atoms with E-state index in [4.69, 9.17) is 5.11 Å². The molecule has 3 aliphatic rings. The molecule has 1 aliphatic heterocycles. The Hall–Kier alpha value is 0.128. The Morgan fingerprint density at radius 1 is 0.720 bits per heavy atom. The molecule has 4 atom stereocenters. The Labute approximate surface area is 166 Å². The molecular formula is C18H35N3O3Pt. The van der Waals surface area contributed by atoms with Crippen molar-refractivity contribution in [2.75, 3.05) is 19.7 Å². The van der Waals surface area contributed by atoms with Gasteiger partial charge in [-0.15, -0.1) is 0 Å². The van der Waals surface area contributed by atoms with Crippen LogP contribution in [0.25, 0.3) is 0 Å². The van der Waals surface area contributed by atoms with Crippen molar-refractivity contribution >= 4 is 0 Å². The van der Waals surface area contributed by atoms with Gasteiger partial charge in [-0.1, -0.05) is 25.7 Å². The van der Waals surface area contributed by atoms with E-state index in [1.54, 1.807) is 0 Å². The minimum atomic E-state index is -0.321. The largest absolute Gasteiger partial charge is 0.396 e. The Kier molecular flexibility index (Phi) is 12.3. The zero-order valence-electron chi connectivity index (χ0n) is 15.1. The molecule has 4 unspecified atom stereocenters. The van der Waals surface area contributed by atoms with Crippen molar-refractivity contribution in [1.29, 1.82) is 0 Å². The van der Waals surface area contributed by atoms with Crippen molar-refractivity contribution in [3.05, 3.63) is 0 Å². The maximum atomic E-state index is 9.75. The normalized spacial score (nSPS) is 34.0. The summed E-state index contributed by atoms with van der Waals surface area (Å²) in [6, 6.07) is -0.0502. The third kappa shape index (κ3) is 8.57. The molecule has 0 aromatic carbocycles. The van der Waals surface area contributed by atoms with Gasteiger partial charge in [0.25, 0.3) is 0 Å². The number of hydrogen-bond donors (Lipinski definition) is 4. The average molecular weight is 537 g/mol. The summed E-state index contributed by atoms with van der Waals surface area (Å²) >= 11 is 0. The van der Waals surface area contributed by atoms with Crippen molar-refractivity contribution in [2.45, 2.75) is 88.5 Å². The van der Waals surface area contributed by atoms with Crippen LogP contribution >= 0.6 is 0 Å². The topological polar surface area (TPSA) is 97.4 Å². The second-order valence-corrected chi connectivity index (χ2v) is 7.45. The summed E-state index contributed by atoms with van der Waals surface area (Å²) in [6.45, 7) is 2.55. The Balaban J connectivity index is 0.000000295. The van der Waals surface area contributed by atoms with Crippen LogP contribution in [-0.4, -0.2) is 59.3 Å². The van der Waals surface area contributed by atoms with Gasteiger partial charge in [0.05, 0.1) is 24.3 Å². The summed E-state index contributed by atoms with van der Waals surface area (Å²) in [5, 5.41) is 39.9. The fraction of sp³-hybridized carbons (Fsp3) is 1.00. The minimum Gasteiger partial charge on any atom is -0.396 e. The Morgan fingerprint density at radius 3 is 1.52 bits per heavy atom.